The molecule has 1 aromatic heterocycles. The number of halogens is 1. The van der Waals surface area contributed by atoms with E-state index < -0.39 is 20.5 Å². The molecule has 0 bridgehead atoms. The second-order valence-corrected chi connectivity index (χ2v) is 10.4. The van der Waals surface area contributed by atoms with E-state index in [1.165, 1.54) is 51.0 Å². The second kappa shape index (κ2) is 7.28. The van der Waals surface area contributed by atoms with Crippen molar-refractivity contribution in [1.82, 2.24) is 9.78 Å². The molecule has 146 valence electrons. The number of nitrogens with one attached hydrogen (secondary N) is 1. The monoisotopic (exact) mass is 409 g/mol. The molecule has 1 N–H and O–H groups in total. The summed E-state index contributed by atoms with van der Waals surface area (Å²) in [4.78, 5) is 12.9. The van der Waals surface area contributed by atoms with Crippen LogP contribution in [0.3, 0.4) is 0 Å². The van der Waals surface area contributed by atoms with Crippen LogP contribution in [-0.2, 0) is 21.7 Å². The number of rotatable bonds is 5. The van der Waals surface area contributed by atoms with E-state index in [4.69, 9.17) is 11.6 Å². The van der Waals surface area contributed by atoms with Crippen LogP contribution in [0.1, 0.15) is 51.1 Å². The Kier molecular flexibility index (Phi) is 5.36. The average molecular weight is 410 g/mol. The third-order valence-corrected chi connectivity index (χ3v) is 7.93. The Bertz CT molecular complexity index is 943. The molecule has 1 fully saturated rings. The highest BCUT2D eigenvalue weighted by atomic mass is 35.5. The van der Waals surface area contributed by atoms with E-state index in [2.05, 4.69) is 10.4 Å². The summed E-state index contributed by atoms with van der Waals surface area (Å²) in [6.07, 6.45) is 4.58. The number of sulfone groups is 1. The summed E-state index contributed by atoms with van der Waals surface area (Å²) >= 11 is 5.84. The van der Waals surface area contributed by atoms with E-state index in [1.54, 1.807) is 11.7 Å². The summed E-state index contributed by atoms with van der Waals surface area (Å²) in [6.45, 7) is 2.81. The number of aromatic nitrogens is 2. The minimum absolute atomic E-state index is 0.0590. The van der Waals surface area contributed by atoms with E-state index in [1.807, 2.05) is 6.07 Å². The summed E-state index contributed by atoms with van der Waals surface area (Å²) in [5.41, 5.74) is 0.948. The van der Waals surface area contributed by atoms with Crippen molar-refractivity contribution in [2.24, 2.45) is 7.05 Å². The van der Waals surface area contributed by atoms with Gasteiger partial charge in [-0.05, 0) is 51.0 Å². The van der Waals surface area contributed by atoms with Gasteiger partial charge in [-0.1, -0.05) is 24.4 Å². The van der Waals surface area contributed by atoms with Gasteiger partial charge in [0.2, 0.25) is 5.91 Å². The van der Waals surface area contributed by atoms with Crippen LogP contribution in [0.2, 0.25) is 5.02 Å². The van der Waals surface area contributed by atoms with Gasteiger partial charge < -0.3 is 5.32 Å². The maximum Gasteiger partial charge on any atom is 0.246 e. The van der Waals surface area contributed by atoms with Crippen LogP contribution in [0.25, 0.3) is 0 Å². The van der Waals surface area contributed by atoms with Crippen molar-refractivity contribution in [3.63, 3.8) is 0 Å². The molecule has 0 unspecified atom stereocenters. The molecule has 1 heterocycles. The number of benzene rings is 1. The van der Waals surface area contributed by atoms with Gasteiger partial charge in [-0.15, -0.1) is 0 Å². The van der Waals surface area contributed by atoms with Crippen molar-refractivity contribution in [3.8, 4) is 0 Å². The first-order chi connectivity index (χ1) is 12.6. The molecule has 1 amide bonds. The predicted octanol–water partition coefficient (Wildman–Crippen LogP) is 3.92. The summed E-state index contributed by atoms with van der Waals surface area (Å²) in [7, 11) is -2.15. The average Bonchev–Trinajstić information content (AvgIpc) is 3.25. The quantitative estimate of drug-likeness (QED) is 0.811. The summed E-state index contributed by atoms with van der Waals surface area (Å²) in [5.74, 6) is 0.312. The Hall–Kier alpha value is -1.86. The van der Waals surface area contributed by atoms with Crippen molar-refractivity contribution < 1.29 is 13.2 Å². The van der Waals surface area contributed by atoms with Crippen LogP contribution in [0.5, 0.6) is 0 Å². The zero-order valence-corrected chi connectivity index (χ0v) is 17.3. The Labute approximate surface area is 164 Å². The van der Waals surface area contributed by atoms with Gasteiger partial charge >= 0.3 is 0 Å². The molecule has 6 nitrogen and oxygen atoms in total. The fraction of sp³-hybridized carbons (Fsp3) is 0.474. The van der Waals surface area contributed by atoms with E-state index in [0.717, 1.165) is 18.5 Å². The third-order valence-electron chi connectivity index (χ3n) is 5.26. The number of amides is 1. The highest BCUT2D eigenvalue weighted by Crippen LogP contribution is 2.34. The molecule has 27 heavy (non-hydrogen) atoms. The fourth-order valence-electron chi connectivity index (χ4n) is 3.32. The first kappa shape index (κ1) is 19.9. The van der Waals surface area contributed by atoms with Crippen LogP contribution in [-0.4, -0.2) is 28.9 Å². The standard InChI is InChI=1S/C19H24ClN3O3S/c1-19(2,27(25,26)15-10-8-14(20)9-11-15)18(24)21-17-12-16(22-23(17)3)13-6-4-5-7-13/h8-13H,4-7H2,1-3H3,(H,21,24). The molecule has 1 aliphatic rings. The minimum atomic E-state index is -3.90. The first-order valence-corrected chi connectivity index (χ1v) is 10.8. The fourth-order valence-corrected chi connectivity index (χ4v) is 4.83. The number of carbonyl (C=O) groups is 1. The maximum atomic E-state index is 13.0. The Morgan fingerprint density at radius 3 is 2.41 bits per heavy atom. The van der Waals surface area contributed by atoms with Crippen LogP contribution in [0.4, 0.5) is 5.82 Å². The molecular formula is C19H24ClN3O3S. The molecule has 0 aliphatic heterocycles. The van der Waals surface area contributed by atoms with E-state index in [0.29, 0.717) is 16.8 Å². The van der Waals surface area contributed by atoms with Crippen LogP contribution >= 0.6 is 11.6 Å². The molecule has 1 saturated carbocycles. The maximum absolute atomic E-state index is 13.0. The van der Waals surface area contributed by atoms with Crippen molar-refractivity contribution in [3.05, 3.63) is 41.0 Å². The number of hydrogen-bond donors (Lipinski definition) is 1. The number of aryl methyl sites for hydroxylation is 1. The number of carbonyl (C=O) groups excluding carboxylic acids is 1. The molecular weight excluding hydrogens is 386 g/mol. The Morgan fingerprint density at radius 2 is 1.81 bits per heavy atom. The van der Waals surface area contributed by atoms with Gasteiger partial charge in [0.1, 0.15) is 10.6 Å². The first-order valence-electron chi connectivity index (χ1n) is 8.98. The van der Waals surface area contributed by atoms with Crippen molar-refractivity contribution in [2.75, 3.05) is 5.32 Å². The molecule has 1 aliphatic carbocycles. The zero-order chi connectivity index (χ0) is 19.8. The van der Waals surface area contributed by atoms with E-state index in [9.17, 15) is 13.2 Å². The summed E-state index contributed by atoms with van der Waals surface area (Å²) < 4.78 is 25.9. The van der Waals surface area contributed by atoms with Crippen LogP contribution in [0, 0.1) is 0 Å². The Morgan fingerprint density at radius 1 is 1.22 bits per heavy atom. The molecule has 0 saturated heterocycles. The molecule has 0 atom stereocenters. The normalized spacial score (nSPS) is 15.9. The molecule has 0 spiro atoms. The highest BCUT2D eigenvalue weighted by molar-refractivity contribution is 7.93. The zero-order valence-electron chi connectivity index (χ0n) is 15.7. The van der Waals surface area contributed by atoms with Gasteiger partial charge in [0.25, 0.3) is 0 Å². The number of anilines is 1. The van der Waals surface area contributed by atoms with Gasteiger partial charge in [-0.25, -0.2) is 8.42 Å². The van der Waals surface area contributed by atoms with Gasteiger partial charge in [-0.2, -0.15) is 5.10 Å². The summed E-state index contributed by atoms with van der Waals surface area (Å²) in [6, 6.07) is 7.66. The van der Waals surface area contributed by atoms with Gasteiger partial charge in [-0.3, -0.25) is 9.48 Å². The smallest absolute Gasteiger partial charge is 0.246 e. The van der Waals surface area contributed by atoms with Gasteiger partial charge in [0, 0.05) is 24.1 Å². The lowest BCUT2D eigenvalue weighted by Crippen LogP contribution is -2.44. The van der Waals surface area contributed by atoms with Crippen LogP contribution < -0.4 is 5.32 Å². The number of hydrogen-bond acceptors (Lipinski definition) is 4. The highest BCUT2D eigenvalue weighted by Gasteiger charge is 2.43. The van der Waals surface area contributed by atoms with Crippen molar-refractivity contribution in [2.45, 2.75) is 55.1 Å². The van der Waals surface area contributed by atoms with Gasteiger partial charge in [0.15, 0.2) is 9.84 Å². The molecule has 1 aromatic carbocycles. The van der Waals surface area contributed by atoms with E-state index in [-0.39, 0.29) is 4.90 Å². The Balaban J connectivity index is 1.83. The van der Waals surface area contributed by atoms with E-state index >= 15 is 0 Å². The lowest BCUT2D eigenvalue weighted by molar-refractivity contribution is -0.117. The molecule has 2 aromatic rings. The molecule has 0 radical (unpaired) electrons. The molecule has 3 rings (SSSR count). The molecule has 8 heteroatoms. The lowest BCUT2D eigenvalue weighted by atomic mass is 10.0. The minimum Gasteiger partial charge on any atom is -0.310 e. The van der Waals surface area contributed by atoms with Crippen molar-refractivity contribution in [1.29, 1.82) is 0 Å². The van der Waals surface area contributed by atoms with Gasteiger partial charge in [0.05, 0.1) is 10.6 Å². The topological polar surface area (TPSA) is 81.1 Å². The second-order valence-electron chi connectivity index (χ2n) is 7.48. The third kappa shape index (κ3) is 3.75. The lowest BCUT2D eigenvalue weighted by Gasteiger charge is -2.23. The SMILES string of the molecule is Cn1nc(C2CCCC2)cc1NC(=O)C(C)(C)S(=O)(=O)c1ccc(Cl)cc1. The van der Waals surface area contributed by atoms with Crippen LogP contribution in [0.15, 0.2) is 35.2 Å². The van der Waals surface area contributed by atoms with Crippen molar-refractivity contribution >= 4 is 33.2 Å². The predicted molar refractivity (Wildman–Crippen MR) is 106 cm³/mol. The number of nitrogens with zero attached hydrogens (tertiary/aromatic N) is 2. The summed E-state index contributed by atoms with van der Waals surface area (Å²) in [5, 5.41) is 7.67. The largest absolute Gasteiger partial charge is 0.310 e.